The van der Waals surface area contributed by atoms with Gasteiger partial charge >= 0.3 is 0 Å². The van der Waals surface area contributed by atoms with E-state index in [0.29, 0.717) is 18.3 Å². The molecule has 0 aliphatic carbocycles. The zero-order valence-electron chi connectivity index (χ0n) is 10.3. The molecule has 6 heteroatoms. The summed E-state index contributed by atoms with van der Waals surface area (Å²) in [6.45, 7) is 0.309. The molecule has 2 aromatic rings. The molecular formula is C12H15N3O2S. The lowest BCUT2D eigenvalue weighted by Gasteiger charge is -2.05. The first-order valence-electron chi connectivity index (χ1n) is 5.49. The van der Waals surface area contributed by atoms with Gasteiger partial charge in [0.05, 0.1) is 0 Å². The number of ether oxygens (including phenoxy) is 1. The van der Waals surface area contributed by atoms with Gasteiger partial charge in [-0.2, -0.15) is 4.98 Å². The van der Waals surface area contributed by atoms with Gasteiger partial charge in [0.25, 0.3) is 5.89 Å². The Morgan fingerprint density at radius 3 is 2.67 bits per heavy atom. The first-order chi connectivity index (χ1) is 8.78. The van der Waals surface area contributed by atoms with Crippen LogP contribution in [0.4, 0.5) is 0 Å². The van der Waals surface area contributed by atoms with Crippen LogP contribution >= 0.6 is 11.8 Å². The van der Waals surface area contributed by atoms with Crippen molar-refractivity contribution in [1.82, 2.24) is 10.1 Å². The molecule has 0 bridgehead atoms. The Bertz CT molecular complexity index is 494. The zero-order valence-corrected chi connectivity index (χ0v) is 11.1. The van der Waals surface area contributed by atoms with Gasteiger partial charge in [0.15, 0.2) is 0 Å². The molecule has 2 N–H and O–H groups in total. The Balaban J connectivity index is 2.23. The summed E-state index contributed by atoms with van der Waals surface area (Å²) >= 11 is 1.69. The molecule has 2 rings (SSSR count). The summed E-state index contributed by atoms with van der Waals surface area (Å²) in [5, 5.41) is 3.93. The molecule has 18 heavy (non-hydrogen) atoms. The van der Waals surface area contributed by atoms with Crippen LogP contribution in [-0.4, -0.2) is 30.1 Å². The number of aromatic nitrogens is 2. The minimum absolute atomic E-state index is 0.309. The van der Waals surface area contributed by atoms with Gasteiger partial charge in [-0.25, -0.2) is 0 Å². The fourth-order valence-corrected chi connectivity index (χ4v) is 1.93. The summed E-state index contributed by atoms with van der Waals surface area (Å²) in [6.07, 6.45) is 1.68. The van der Waals surface area contributed by atoms with Crippen molar-refractivity contribution < 1.29 is 9.26 Å². The third kappa shape index (κ3) is 2.72. The molecule has 0 amide bonds. The van der Waals surface area contributed by atoms with E-state index < -0.39 is 0 Å². The lowest BCUT2D eigenvalue weighted by Crippen LogP contribution is -2.14. The van der Waals surface area contributed by atoms with Gasteiger partial charge in [0.1, 0.15) is 6.10 Å². The molecule has 0 radical (unpaired) electrons. The standard InChI is InChI=1S/C12H15N3O2S/c1-16-10(7-13)12-14-11(15-17-12)8-3-5-9(18-2)6-4-8/h3-6,10H,7,13H2,1-2H3. The molecule has 0 fully saturated rings. The van der Waals surface area contributed by atoms with Crippen molar-refractivity contribution in [3.05, 3.63) is 30.2 Å². The number of benzene rings is 1. The number of rotatable bonds is 5. The Kier molecular flexibility index (Phi) is 4.35. The average molecular weight is 265 g/mol. The van der Waals surface area contributed by atoms with Crippen LogP contribution in [0.25, 0.3) is 11.4 Å². The Morgan fingerprint density at radius 1 is 1.39 bits per heavy atom. The molecule has 1 unspecified atom stereocenters. The van der Waals surface area contributed by atoms with Crippen molar-refractivity contribution in [2.24, 2.45) is 5.73 Å². The number of hydrogen-bond acceptors (Lipinski definition) is 6. The number of methoxy groups -OCH3 is 1. The van der Waals surface area contributed by atoms with Crippen LogP contribution in [0, 0.1) is 0 Å². The average Bonchev–Trinajstić information content (AvgIpc) is 2.90. The Labute approximate surface area is 110 Å². The molecule has 0 saturated heterocycles. The minimum Gasteiger partial charge on any atom is -0.370 e. The van der Waals surface area contributed by atoms with E-state index in [0.717, 1.165) is 5.56 Å². The molecule has 0 aliphatic heterocycles. The van der Waals surface area contributed by atoms with E-state index in [1.165, 1.54) is 4.90 Å². The van der Waals surface area contributed by atoms with Crippen molar-refractivity contribution >= 4 is 11.8 Å². The molecule has 1 aromatic heterocycles. The van der Waals surface area contributed by atoms with Gasteiger partial charge < -0.3 is 15.0 Å². The topological polar surface area (TPSA) is 74.2 Å². The van der Waals surface area contributed by atoms with Crippen LogP contribution in [0.15, 0.2) is 33.7 Å². The van der Waals surface area contributed by atoms with Crippen molar-refractivity contribution in [2.45, 2.75) is 11.0 Å². The summed E-state index contributed by atoms with van der Waals surface area (Å²) in [5.74, 6) is 0.956. The summed E-state index contributed by atoms with van der Waals surface area (Å²) < 4.78 is 10.3. The molecule has 0 spiro atoms. The van der Waals surface area contributed by atoms with Crippen LogP contribution in [0.3, 0.4) is 0 Å². The van der Waals surface area contributed by atoms with Crippen molar-refractivity contribution in [3.8, 4) is 11.4 Å². The van der Waals surface area contributed by atoms with E-state index in [9.17, 15) is 0 Å². The smallest absolute Gasteiger partial charge is 0.257 e. The van der Waals surface area contributed by atoms with Crippen molar-refractivity contribution in [1.29, 1.82) is 0 Å². The summed E-state index contributed by atoms with van der Waals surface area (Å²) in [6, 6.07) is 7.97. The number of hydrogen-bond donors (Lipinski definition) is 1. The van der Waals surface area contributed by atoms with Crippen LogP contribution in [0.1, 0.15) is 12.0 Å². The van der Waals surface area contributed by atoms with E-state index in [1.807, 2.05) is 30.5 Å². The van der Waals surface area contributed by atoms with Gasteiger partial charge in [0.2, 0.25) is 5.82 Å². The van der Waals surface area contributed by atoms with Gasteiger partial charge in [0, 0.05) is 24.1 Å². The highest BCUT2D eigenvalue weighted by Gasteiger charge is 2.17. The molecule has 0 saturated carbocycles. The molecule has 1 atom stereocenters. The normalized spacial score (nSPS) is 12.6. The first-order valence-corrected chi connectivity index (χ1v) is 6.72. The highest BCUT2D eigenvalue weighted by Crippen LogP contribution is 2.22. The second kappa shape index (κ2) is 5.99. The molecule has 5 nitrogen and oxygen atoms in total. The van der Waals surface area contributed by atoms with Crippen LogP contribution in [0.2, 0.25) is 0 Å². The third-order valence-electron chi connectivity index (χ3n) is 2.56. The number of nitrogens with two attached hydrogens (primary N) is 1. The second-order valence-electron chi connectivity index (χ2n) is 3.64. The summed E-state index contributed by atoms with van der Waals surface area (Å²) in [4.78, 5) is 5.48. The fourth-order valence-electron chi connectivity index (χ4n) is 1.52. The van der Waals surface area contributed by atoms with Crippen LogP contribution in [0.5, 0.6) is 0 Å². The highest BCUT2D eigenvalue weighted by atomic mass is 32.2. The lowest BCUT2D eigenvalue weighted by atomic mass is 10.2. The third-order valence-corrected chi connectivity index (χ3v) is 3.31. The monoisotopic (exact) mass is 265 g/mol. The van der Waals surface area contributed by atoms with Gasteiger partial charge in [-0.1, -0.05) is 5.16 Å². The fraction of sp³-hybridized carbons (Fsp3) is 0.333. The van der Waals surface area contributed by atoms with Crippen LogP contribution < -0.4 is 5.73 Å². The van der Waals surface area contributed by atoms with E-state index >= 15 is 0 Å². The molecular weight excluding hydrogens is 250 g/mol. The maximum atomic E-state index is 5.55. The second-order valence-corrected chi connectivity index (χ2v) is 4.52. The molecule has 96 valence electrons. The molecule has 1 aromatic carbocycles. The van der Waals surface area contributed by atoms with Crippen LogP contribution in [-0.2, 0) is 4.74 Å². The number of thioether (sulfide) groups is 1. The Morgan fingerprint density at radius 2 is 2.11 bits per heavy atom. The Hall–Kier alpha value is -1.37. The van der Waals surface area contributed by atoms with Crippen molar-refractivity contribution in [2.75, 3.05) is 19.9 Å². The molecule has 0 aliphatic rings. The molecule has 1 heterocycles. The quantitative estimate of drug-likeness (QED) is 0.834. The van der Waals surface area contributed by atoms with Gasteiger partial charge in [-0.15, -0.1) is 11.8 Å². The highest BCUT2D eigenvalue weighted by molar-refractivity contribution is 7.98. The predicted octanol–water partition coefficient (Wildman–Crippen LogP) is 2.10. The van der Waals surface area contributed by atoms with E-state index in [2.05, 4.69) is 10.1 Å². The largest absolute Gasteiger partial charge is 0.370 e. The van der Waals surface area contributed by atoms with E-state index in [-0.39, 0.29) is 6.10 Å². The number of nitrogens with zero attached hydrogens (tertiary/aromatic N) is 2. The zero-order chi connectivity index (χ0) is 13.0. The van der Waals surface area contributed by atoms with E-state index in [1.54, 1.807) is 18.9 Å². The lowest BCUT2D eigenvalue weighted by molar-refractivity contribution is 0.0804. The summed E-state index contributed by atoms with van der Waals surface area (Å²) in [5.41, 5.74) is 6.46. The first kappa shape index (κ1) is 13.1. The maximum Gasteiger partial charge on any atom is 0.257 e. The summed E-state index contributed by atoms with van der Waals surface area (Å²) in [7, 11) is 1.56. The predicted molar refractivity (Wildman–Crippen MR) is 70.3 cm³/mol. The minimum atomic E-state index is -0.350. The van der Waals surface area contributed by atoms with E-state index in [4.69, 9.17) is 15.0 Å². The van der Waals surface area contributed by atoms with Crippen molar-refractivity contribution in [3.63, 3.8) is 0 Å². The van der Waals surface area contributed by atoms with Gasteiger partial charge in [-0.05, 0) is 30.5 Å². The van der Waals surface area contributed by atoms with Gasteiger partial charge in [-0.3, -0.25) is 0 Å². The SMILES string of the molecule is COC(CN)c1nc(-c2ccc(SC)cc2)no1. The maximum absolute atomic E-state index is 5.55.